The average molecular weight is 2430 g/mol. The van der Waals surface area contributed by atoms with Crippen molar-refractivity contribution in [3.63, 3.8) is 0 Å². The van der Waals surface area contributed by atoms with Crippen LogP contribution < -0.4 is 50.4 Å². The largest absolute Gasteiger partial charge is 0.412 e. The highest BCUT2D eigenvalue weighted by atomic mass is 79.9. The van der Waals surface area contributed by atoms with Crippen LogP contribution in [0.2, 0.25) is 25.8 Å². The van der Waals surface area contributed by atoms with Crippen molar-refractivity contribution in [3.05, 3.63) is 365 Å². The van der Waals surface area contributed by atoms with Crippen LogP contribution in [0.4, 0.5) is 45.1 Å². The van der Waals surface area contributed by atoms with Crippen LogP contribution in [0.5, 0.6) is 0 Å². The van der Waals surface area contributed by atoms with Gasteiger partial charge in [-0.25, -0.2) is 102 Å². The lowest BCUT2D eigenvalue weighted by molar-refractivity contribution is 0.628. The highest BCUT2D eigenvalue weighted by Crippen LogP contribution is 2.41. The number of nitrogens with one attached hydrogen (secondary N) is 4. The zero-order chi connectivity index (χ0) is 97.5. The van der Waals surface area contributed by atoms with E-state index in [9.17, 15) is 4.39 Å². The van der Waals surface area contributed by atoms with E-state index in [2.05, 4.69) is 165 Å². The molecule has 0 radical (unpaired) electrons. The van der Waals surface area contributed by atoms with Crippen molar-refractivity contribution in [1.29, 1.82) is 0 Å². The third-order valence-corrected chi connectivity index (χ3v) is 26.4. The molecule has 0 bridgehead atoms. The van der Waals surface area contributed by atoms with E-state index >= 15 is 0 Å². The summed E-state index contributed by atoms with van der Waals surface area (Å²) in [5.41, 5.74) is 42.9. The summed E-state index contributed by atoms with van der Waals surface area (Å²) in [5.74, 6) is 2.99. The molecule has 0 unspecified atom stereocenters. The van der Waals surface area contributed by atoms with Crippen LogP contribution in [-0.4, -0.2) is 128 Å². The lowest BCUT2D eigenvalue weighted by Crippen LogP contribution is -2.13. The first-order valence-electron chi connectivity index (χ1n) is 42.3. The molecule has 50 heteroatoms. The first-order chi connectivity index (χ1) is 67.3. The molecule has 15 aromatic heterocycles. The molecule has 0 fully saturated rings. The third-order valence-electron chi connectivity index (χ3n) is 21.3. The number of nitrogen functional groups attached to an aromatic ring is 3. The number of halogens is 10. The summed E-state index contributed by atoms with van der Waals surface area (Å²) in [7, 11) is 0. The topological polar surface area (TPSA) is 499 Å². The molecule has 147 heavy (non-hydrogen) atoms. The Hall–Kier alpha value is -12.7. The van der Waals surface area contributed by atoms with E-state index in [1.165, 1.54) is 43.8 Å². The predicted molar refractivity (Wildman–Crippen MR) is 625 cm³/mol. The lowest BCUT2D eigenvalue weighted by atomic mass is 10.0. The fourth-order valence-electron chi connectivity index (χ4n) is 14.5. The van der Waals surface area contributed by atoms with Crippen LogP contribution in [0.3, 0.4) is 0 Å². The molecule has 0 saturated carbocycles. The number of nitrogens with two attached hydrogens (primary N) is 4. The molecule has 0 amide bonds. The van der Waals surface area contributed by atoms with Gasteiger partial charge in [0.05, 0.1) is 79.5 Å². The molecule has 6 aromatic carbocycles. The zero-order valence-corrected chi connectivity index (χ0v) is 92.6. The van der Waals surface area contributed by atoms with Crippen molar-refractivity contribution >= 4 is 258 Å². The molecule has 0 spiro atoms. The Labute approximate surface area is 936 Å². The van der Waals surface area contributed by atoms with E-state index in [-0.39, 0.29) is 128 Å². The number of hydrogen-bond acceptors (Lipinski definition) is 29. The van der Waals surface area contributed by atoms with Crippen molar-refractivity contribution in [1.82, 2.24) is 129 Å². The molecular weight excluding hydrogens is 2330 g/mol. The molecule has 21 aromatic rings. The highest BCUT2D eigenvalue weighted by molar-refractivity contribution is 9.11. The van der Waals surface area contributed by atoms with Crippen molar-refractivity contribution in [3.8, 4) is 67.4 Å². The Kier molecular flexibility index (Phi) is 45.1. The minimum absolute atomic E-state index is 0. The van der Waals surface area contributed by atoms with Gasteiger partial charge in [0.15, 0.2) is 38.5 Å². The Morgan fingerprint density at radius 3 is 0.932 bits per heavy atom. The summed E-state index contributed by atoms with van der Waals surface area (Å²) in [6, 6.07) is 65.5. The normalized spacial score (nSPS) is 11.5. The van der Waals surface area contributed by atoms with Gasteiger partial charge in [0.2, 0.25) is 0 Å². The predicted octanol–water partition coefficient (Wildman–Crippen LogP) is 23.7. The van der Waals surface area contributed by atoms with E-state index in [0.717, 1.165) is 101 Å². The fraction of sp³-hybridized carbons (Fsp3) is 0.113. The molecule has 17 N–H and O–H groups in total. The van der Waals surface area contributed by atoms with E-state index in [0.29, 0.717) is 101 Å². The summed E-state index contributed by atoms with van der Waals surface area (Å²) in [6.07, 6.45) is 20.8. The van der Waals surface area contributed by atoms with Gasteiger partial charge in [0.1, 0.15) is 103 Å². The first kappa shape index (κ1) is 120. The molecule has 762 valence electrons. The summed E-state index contributed by atoms with van der Waals surface area (Å²) < 4.78 is 24.9. The maximum absolute atomic E-state index is 13.9. The fourth-order valence-corrected chi connectivity index (χ4v) is 16.4. The molecule has 21 rings (SSSR count). The smallest absolute Gasteiger partial charge is 0.155 e. The Bertz CT molecular complexity index is 7730. The van der Waals surface area contributed by atoms with Crippen molar-refractivity contribution in [2.24, 2.45) is 5.73 Å². The van der Waals surface area contributed by atoms with Gasteiger partial charge < -0.3 is 55.8 Å². The van der Waals surface area contributed by atoms with Crippen molar-refractivity contribution in [2.45, 2.75) is 72.3 Å². The van der Waals surface area contributed by atoms with Gasteiger partial charge in [-0.3, -0.25) is 0 Å². The summed E-state index contributed by atoms with van der Waals surface area (Å²) in [4.78, 5) is 62.1. The molecule has 0 aliphatic rings. The monoisotopic (exact) mass is 2420 g/mol. The van der Waals surface area contributed by atoms with Gasteiger partial charge in [-0.15, -0.1) is 0 Å². The van der Waals surface area contributed by atoms with Crippen LogP contribution in [0.15, 0.2) is 305 Å². The molecule has 15 heterocycles. The molecule has 35 nitrogen and oxygen atoms in total. The van der Waals surface area contributed by atoms with Crippen molar-refractivity contribution in [2.75, 3.05) is 38.5 Å². The highest BCUT2D eigenvalue weighted by Gasteiger charge is 2.26. The van der Waals surface area contributed by atoms with Gasteiger partial charge in [0, 0.05) is 98.9 Å². The van der Waals surface area contributed by atoms with Crippen molar-refractivity contribution < 1.29 is 9.87 Å². The second-order valence-corrected chi connectivity index (χ2v) is 35.7. The molecular formula is C97H98Br4Cl5FN34OS5. The van der Waals surface area contributed by atoms with E-state index in [1.54, 1.807) is 65.7 Å². The maximum Gasteiger partial charge on any atom is 0.155 e. The number of rotatable bonds is 19. The number of fused-ring (bicyclic) bond motifs is 5. The minimum atomic E-state index is -0.369. The first-order valence-corrected chi connectivity index (χ1v) is 47.4. The van der Waals surface area contributed by atoms with Gasteiger partial charge in [-0.05, 0) is 146 Å². The third kappa shape index (κ3) is 28.7. The van der Waals surface area contributed by atoms with Crippen LogP contribution in [0, 0.1) is 5.82 Å². The molecule has 0 aliphatic carbocycles. The number of anilines is 7. The quantitative estimate of drug-likeness (QED) is 0.0340. The van der Waals surface area contributed by atoms with Gasteiger partial charge in [0.25, 0.3) is 0 Å². The van der Waals surface area contributed by atoms with Crippen LogP contribution in [0.25, 0.3) is 95.6 Å². The van der Waals surface area contributed by atoms with Gasteiger partial charge in [-0.2, -0.15) is 93.0 Å². The minimum Gasteiger partial charge on any atom is -0.412 e. The standard InChI is InChI=1S/C24H19ClFN7.C18H15BrClN7.C18H14BrClN6.C18H16BrN7.C14H14N4.C4HBrCl2N2.CH4.H3N.H2O.5H2S/c1-14(31-24-21(23(27)29-13-30-24)16-8-5-9-17(26)10-16)18-11-20-28-12-19(25)33(20)32-22(18)15-6-3-2-4-7-15;1-10(25-18-15(19)17(21)23-9-24-18)12-7-14-22-8-13(20)27(14)26-16(12)11-5-3-2-4-6-11;2*1-11(24-18-15(19)17(20)22-10-23-18)13-9-14-21-7-8-26(14)25-16(13)12-5-3-2-4-6-12;1-10(15)12-9-13-16-7-8-18(13)17-14(12)11-5-3-2-4-6-11;5-2-3(6)8-1-9-4(2)7;;;;;;;;/h2-14H,1H3,(H3,27,29,30,31);2-10H,1H3,(H3,21,23,24,25);2-11H,1H3,(H,22,23,24);2-11H,1H3,(H3,20,22,23,24);2-10H,15H2,1H3;1H;1H4;1H3;6*1H2/t14-;10-;2*11-;10-;;;;;;;;;/m00000........./s1. The van der Waals surface area contributed by atoms with Gasteiger partial charge in [-0.1, -0.05) is 229 Å². The van der Waals surface area contributed by atoms with Crippen LogP contribution >= 0.6 is 189 Å². The lowest BCUT2D eigenvalue weighted by Gasteiger charge is -2.20. The Balaban J connectivity index is 0.000000218. The molecule has 0 saturated heterocycles. The van der Waals surface area contributed by atoms with Crippen LogP contribution in [-0.2, 0) is 0 Å². The SMILES string of the molecule is C.C[C@H](N)c1cc2nccn2nc1-c1ccccc1.C[C@H](Nc1ncnc(Cl)c1Br)c1cc2nccn2nc1-c1ccccc1.C[C@H](Nc1ncnc(N)c1-c1cccc(F)c1)c1cc2ncc(Cl)n2nc1-c1ccccc1.C[C@H](Nc1ncnc(N)c1Br)c1cc2ncc(Cl)n2nc1-c1ccccc1.C[C@H](Nc1ncnc(N)c1Br)c1cc2nccn2nc1-c1ccccc1.Clc1ncnc(Cl)c1Br.N.O.S.S.S.S.S. The summed E-state index contributed by atoms with van der Waals surface area (Å²) >= 11 is 43.0. The second kappa shape index (κ2) is 55.4. The Morgan fingerprint density at radius 1 is 0.313 bits per heavy atom. The maximum atomic E-state index is 13.9. The Morgan fingerprint density at radius 2 is 0.592 bits per heavy atom. The molecule has 0 aliphatic heterocycles. The molecule has 5 atom stereocenters. The van der Waals surface area contributed by atoms with E-state index in [1.807, 2.05) is 235 Å². The number of nitrogens with zero attached hydrogens (tertiary/aromatic N) is 25. The summed E-state index contributed by atoms with van der Waals surface area (Å²) in [6.45, 7) is 10.1. The second-order valence-electron chi connectivity index (χ2n) is 30.6. The summed E-state index contributed by atoms with van der Waals surface area (Å²) in [5, 5.41) is 39.0. The number of aromatic nitrogens is 25. The van der Waals surface area contributed by atoms with Gasteiger partial charge >= 0.3 is 0 Å². The van der Waals surface area contributed by atoms with E-state index in [4.69, 9.17) is 101 Å². The zero-order valence-electron chi connectivity index (χ0n) is 77.5. The number of benzene rings is 6. The van der Waals surface area contributed by atoms with E-state index < -0.39 is 0 Å². The number of imidazole rings is 5. The van der Waals surface area contributed by atoms with Crippen LogP contribution in [0.1, 0.15) is 100 Å². The average Bonchev–Trinajstić information content (AvgIpc) is 1.63. The number of hydrogen-bond donors (Lipinski definition) is 9.